The summed E-state index contributed by atoms with van der Waals surface area (Å²) in [5, 5.41) is 3.71. The van der Waals surface area contributed by atoms with E-state index in [1.54, 1.807) is 0 Å². The molecular weight excluding hydrogens is 248 g/mol. The first kappa shape index (κ1) is 15.8. The summed E-state index contributed by atoms with van der Waals surface area (Å²) >= 11 is 0. The summed E-state index contributed by atoms with van der Waals surface area (Å²) in [6, 6.07) is 0.387. The molecule has 0 aromatic rings. The molecule has 1 heterocycles. The fourth-order valence-electron chi connectivity index (χ4n) is 4.00. The lowest BCUT2D eigenvalue weighted by Gasteiger charge is -2.30. The molecule has 1 aliphatic carbocycles. The Labute approximate surface area is 124 Å². The molecule has 3 nitrogen and oxygen atoms in total. The maximum Gasteiger partial charge on any atom is 0.244 e. The molecule has 3 heteroatoms. The van der Waals surface area contributed by atoms with E-state index in [4.69, 9.17) is 0 Å². The van der Waals surface area contributed by atoms with Gasteiger partial charge in [0.05, 0.1) is 11.7 Å². The standard InChI is InChI=1S/C17H32N2O/c1-4-6-7-11-14(3)19-15(10-5-2)18-17(16(19)20)12-8-9-13-17/h14-15,18H,4-13H2,1-3H3. The van der Waals surface area contributed by atoms with Gasteiger partial charge in [0.15, 0.2) is 0 Å². The average molecular weight is 280 g/mol. The van der Waals surface area contributed by atoms with E-state index >= 15 is 0 Å². The van der Waals surface area contributed by atoms with Crippen LogP contribution in [0.5, 0.6) is 0 Å². The summed E-state index contributed by atoms with van der Waals surface area (Å²) < 4.78 is 0. The SMILES string of the molecule is CCCCCC(C)N1C(=O)C2(CCCC2)NC1CCC. The van der Waals surface area contributed by atoms with Crippen LogP contribution in [-0.4, -0.2) is 28.6 Å². The number of carbonyl (C=O) groups is 1. The number of carbonyl (C=O) groups excluding carboxylic acids is 1. The second-order valence-corrected chi connectivity index (χ2v) is 6.80. The number of hydrogen-bond acceptors (Lipinski definition) is 2. The molecule has 1 spiro atoms. The first-order valence-corrected chi connectivity index (χ1v) is 8.75. The lowest BCUT2D eigenvalue weighted by Crippen LogP contribution is -2.45. The van der Waals surface area contributed by atoms with Gasteiger partial charge in [-0.1, -0.05) is 52.4 Å². The fourth-order valence-corrected chi connectivity index (χ4v) is 4.00. The molecule has 1 saturated carbocycles. The molecule has 2 atom stereocenters. The molecule has 2 fully saturated rings. The Kier molecular flexibility index (Phi) is 5.48. The number of nitrogens with one attached hydrogen (secondary N) is 1. The van der Waals surface area contributed by atoms with Gasteiger partial charge in [0.25, 0.3) is 0 Å². The van der Waals surface area contributed by atoms with E-state index in [0.29, 0.717) is 11.9 Å². The minimum Gasteiger partial charge on any atom is -0.323 e. The van der Waals surface area contributed by atoms with E-state index in [9.17, 15) is 4.79 Å². The van der Waals surface area contributed by atoms with Crippen LogP contribution in [0, 0.1) is 0 Å². The molecule has 0 aromatic carbocycles. The Morgan fingerprint density at radius 1 is 1.25 bits per heavy atom. The van der Waals surface area contributed by atoms with E-state index in [-0.39, 0.29) is 11.7 Å². The molecule has 1 saturated heterocycles. The highest BCUT2D eigenvalue weighted by Crippen LogP contribution is 2.38. The molecule has 2 rings (SSSR count). The van der Waals surface area contributed by atoms with Crippen LogP contribution in [0.3, 0.4) is 0 Å². The summed E-state index contributed by atoms with van der Waals surface area (Å²) in [7, 11) is 0. The zero-order chi connectivity index (χ0) is 14.6. The second kappa shape index (κ2) is 6.93. The maximum absolute atomic E-state index is 13.0. The highest BCUT2D eigenvalue weighted by Gasteiger charge is 2.52. The number of amides is 1. The van der Waals surface area contributed by atoms with Crippen LogP contribution in [0.15, 0.2) is 0 Å². The zero-order valence-electron chi connectivity index (χ0n) is 13.6. The lowest BCUT2D eigenvalue weighted by atomic mass is 9.97. The quantitative estimate of drug-likeness (QED) is 0.719. The Morgan fingerprint density at radius 2 is 1.95 bits per heavy atom. The molecule has 1 aliphatic heterocycles. The monoisotopic (exact) mass is 280 g/mol. The van der Waals surface area contributed by atoms with Crippen molar-refractivity contribution in [3.63, 3.8) is 0 Å². The van der Waals surface area contributed by atoms with Crippen LogP contribution in [0.2, 0.25) is 0 Å². The summed E-state index contributed by atoms with van der Waals surface area (Å²) in [5.74, 6) is 0.400. The van der Waals surface area contributed by atoms with E-state index in [1.165, 1.54) is 32.1 Å². The summed E-state index contributed by atoms with van der Waals surface area (Å²) in [6.45, 7) is 6.69. The number of rotatable bonds is 7. The van der Waals surface area contributed by atoms with Crippen molar-refractivity contribution in [2.24, 2.45) is 0 Å². The number of unbranched alkanes of at least 4 members (excludes halogenated alkanes) is 2. The second-order valence-electron chi connectivity index (χ2n) is 6.80. The van der Waals surface area contributed by atoms with Gasteiger partial charge in [0, 0.05) is 6.04 Å². The summed E-state index contributed by atoms with van der Waals surface area (Å²) in [4.78, 5) is 15.2. The van der Waals surface area contributed by atoms with Crippen molar-refractivity contribution in [2.75, 3.05) is 0 Å². The van der Waals surface area contributed by atoms with Crippen molar-refractivity contribution in [2.45, 2.75) is 103 Å². The molecule has 20 heavy (non-hydrogen) atoms. The molecule has 2 aliphatic rings. The van der Waals surface area contributed by atoms with Crippen LogP contribution in [0.25, 0.3) is 0 Å². The predicted octanol–water partition coefficient (Wildman–Crippen LogP) is 3.83. The molecular formula is C17H32N2O. The van der Waals surface area contributed by atoms with Gasteiger partial charge in [0.2, 0.25) is 5.91 Å². The van der Waals surface area contributed by atoms with Gasteiger partial charge >= 0.3 is 0 Å². The van der Waals surface area contributed by atoms with E-state index in [0.717, 1.165) is 32.1 Å². The number of nitrogens with zero attached hydrogens (tertiary/aromatic N) is 1. The van der Waals surface area contributed by atoms with Gasteiger partial charge in [-0.2, -0.15) is 0 Å². The third-order valence-corrected chi connectivity index (χ3v) is 5.14. The van der Waals surface area contributed by atoms with Gasteiger partial charge in [-0.25, -0.2) is 0 Å². The first-order valence-electron chi connectivity index (χ1n) is 8.75. The topological polar surface area (TPSA) is 32.3 Å². The van der Waals surface area contributed by atoms with Crippen molar-refractivity contribution in [1.29, 1.82) is 0 Å². The molecule has 0 aromatic heterocycles. The van der Waals surface area contributed by atoms with Gasteiger partial charge in [0.1, 0.15) is 0 Å². The molecule has 0 bridgehead atoms. The third-order valence-electron chi connectivity index (χ3n) is 5.14. The van der Waals surface area contributed by atoms with Crippen LogP contribution in [0.1, 0.15) is 85.0 Å². The average Bonchev–Trinajstić information content (AvgIpc) is 2.98. The smallest absolute Gasteiger partial charge is 0.244 e. The van der Waals surface area contributed by atoms with Crippen LogP contribution >= 0.6 is 0 Å². The third kappa shape index (κ3) is 3.03. The Morgan fingerprint density at radius 3 is 2.55 bits per heavy atom. The highest BCUT2D eigenvalue weighted by molar-refractivity contribution is 5.89. The minimum atomic E-state index is -0.196. The predicted molar refractivity (Wildman–Crippen MR) is 83.5 cm³/mol. The first-order chi connectivity index (χ1) is 9.64. The van der Waals surface area contributed by atoms with E-state index < -0.39 is 0 Å². The maximum atomic E-state index is 13.0. The largest absolute Gasteiger partial charge is 0.323 e. The van der Waals surface area contributed by atoms with E-state index in [1.807, 2.05) is 0 Å². The van der Waals surface area contributed by atoms with Crippen LogP contribution in [0.4, 0.5) is 0 Å². The van der Waals surface area contributed by atoms with Crippen molar-refractivity contribution in [1.82, 2.24) is 10.2 Å². The highest BCUT2D eigenvalue weighted by atomic mass is 16.2. The molecule has 1 amide bonds. The van der Waals surface area contributed by atoms with Crippen molar-refractivity contribution >= 4 is 5.91 Å². The van der Waals surface area contributed by atoms with E-state index in [2.05, 4.69) is 31.0 Å². The van der Waals surface area contributed by atoms with Gasteiger partial charge in [-0.05, 0) is 32.6 Å². The Hall–Kier alpha value is -0.570. The minimum absolute atomic E-state index is 0.196. The zero-order valence-corrected chi connectivity index (χ0v) is 13.6. The molecule has 0 radical (unpaired) electrons. The Balaban J connectivity index is 2.05. The van der Waals surface area contributed by atoms with Gasteiger partial charge < -0.3 is 4.90 Å². The fraction of sp³-hybridized carbons (Fsp3) is 0.941. The molecule has 1 N–H and O–H groups in total. The van der Waals surface area contributed by atoms with Crippen LogP contribution < -0.4 is 5.32 Å². The van der Waals surface area contributed by atoms with Crippen molar-refractivity contribution in [3.8, 4) is 0 Å². The lowest BCUT2D eigenvalue weighted by molar-refractivity contribution is -0.135. The molecule has 2 unspecified atom stereocenters. The Bertz CT molecular complexity index is 323. The number of hydrogen-bond donors (Lipinski definition) is 1. The van der Waals surface area contributed by atoms with Crippen LogP contribution in [-0.2, 0) is 4.79 Å². The van der Waals surface area contributed by atoms with Gasteiger partial charge in [-0.15, -0.1) is 0 Å². The normalized spacial score (nSPS) is 26.6. The van der Waals surface area contributed by atoms with Gasteiger partial charge in [-0.3, -0.25) is 10.1 Å². The van der Waals surface area contributed by atoms with Crippen molar-refractivity contribution < 1.29 is 4.79 Å². The summed E-state index contributed by atoms with van der Waals surface area (Å²) in [5.41, 5.74) is -0.196. The van der Waals surface area contributed by atoms with Crippen molar-refractivity contribution in [3.05, 3.63) is 0 Å². The summed E-state index contributed by atoms with van der Waals surface area (Å²) in [6.07, 6.45) is 11.9. The molecule has 116 valence electrons.